The number of nitro groups is 2. The number of anilines is 1. The van der Waals surface area contributed by atoms with Crippen molar-refractivity contribution in [1.82, 2.24) is 5.43 Å². The predicted molar refractivity (Wildman–Crippen MR) is 75.0 cm³/mol. The summed E-state index contributed by atoms with van der Waals surface area (Å²) in [7, 11) is 0. The molecular formula is C11H15N5O5. The van der Waals surface area contributed by atoms with Crippen LogP contribution >= 0.6 is 0 Å². The zero-order valence-electron chi connectivity index (χ0n) is 11.5. The molecular weight excluding hydrogens is 282 g/mol. The number of nitrogens with one attached hydrogen (secondary N) is 1. The van der Waals surface area contributed by atoms with E-state index in [0.717, 1.165) is 12.1 Å². The van der Waals surface area contributed by atoms with Gasteiger partial charge in [-0.2, -0.15) is 0 Å². The molecule has 21 heavy (non-hydrogen) atoms. The summed E-state index contributed by atoms with van der Waals surface area (Å²) in [6.45, 7) is 4.14. The van der Waals surface area contributed by atoms with E-state index in [1.807, 2.05) is 0 Å². The molecule has 114 valence electrons. The summed E-state index contributed by atoms with van der Waals surface area (Å²) in [4.78, 5) is 33.8. The van der Waals surface area contributed by atoms with E-state index < -0.39 is 27.1 Å². The number of carbonyl (C=O) groups is 1. The molecule has 0 aliphatic heterocycles. The Labute approximate surface area is 119 Å². The third kappa shape index (κ3) is 3.23. The zero-order valence-corrected chi connectivity index (χ0v) is 11.5. The number of nitrogens with zero attached hydrogens (tertiary/aromatic N) is 3. The molecule has 0 unspecified atom stereocenters. The first-order valence-electron chi connectivity index (χ1n) is 6.10. The van der Waals surface area contributed by atoms with Gasteiger partial charge >= 0.3 is 0 Å². The fourth-order valence-corrected chi connectivity index (χ4v) is 1.96. The third-order valence-electron chi connectivity index (χ3n) is 2.94. The minimum atomic E-state index is -0.840. The van der Waals surface area contributed by atoms with Crippen LogP contribution < -0.4 is 16.2 Å². The van der Waals surface area contributed by atoms with E-state index in [1.54, 1.807) is 19.3 Å². The highest BCUT2D eigenvalue weighted by molar-refractivity contribution is 5.97. The van der Waals surface area contributed by atoms with E-state index in [9.17, 15) is 25.0 Å². The Morgan fingerprint density at radius 3 is 1.90 bits per heavy atom. The van der Waals surface area contributed by atoms with Gasteiger partial charge in [0.05, 0.1) is 15.4 Å². The number of benzene rings is 1. The van der Waals surface area contributed by atoms with Crippen molar-refractivity contribution < 1.29 is 14.6 Å². The van der Waals surface area contributed by atoms with E-state index in [0.29, 0.717) is 13.1 Å². The Morgan fingerprint density at radius 1 is 1.19 bits per heavy atom. The fraction of sp³-hybridized carbons (Fsp3) is 0.364. The topological polar surface area (TPSA) is 145 Å². The summed E-state index contributed by atoms with van der Waals surface area (Å²) in [5.74, 6) is 4.12. The van der Waals surface area contributed by atoms with Gasteiger partial charge in [0.15, 0.2) is 5.69 Å². The molecule has 0 bridgehead atoms. The first-order chi connectivity index (χ1) is 9.87. The number of hydrogen-bond acceptors (Lipinski definition) is 7. The number of amides is 1. The molecule has 0 heterocycles. The normalized spacial score (nSPS) is 10.0. The molecule has 10 heteroatoms. The second-order valence-corrected chi connectivity index (χ2v) is 4.02. The Bertz CT molecular complexity index is 549. The molecule has 0 spiro atoms. The van der Waals surface area contributed by atoms with Crippen molar-refractivity contribution in [2.45, 2.75) is 13.8 Å². The van der Waals surface area contributed by atoms with Gasteiger partial charge in [-0.15, -0.1) is 0 Å². The quantitative estimate of drug-likeness (QED) is 0.344. The summed E-state index contributed by atoms with van der Waals surface area (Å²) in [5.41, 5.74) is 0.411. The van der Waals surface area contributed by atoms with Gasteiger partial charge < -0.3 is 4.90 Å². The maximum Gasteiger partial charge on any atom is 0.300 e. The molecule has 1 rings (SSSR count). The van der Waals surface area contributed by atoms with Crippen molar-refractivity contribution >= 4 is 23.0 Å². The molecule has 0 aromatic heterocycles. The molecule has 0 aliphatic rings. The number of nitrogen functional groups attached to an aromatic ring is 1. The standard InChI is InChI=1S/C11H15N5O5/c1-3-14(4-2)10-8(15(18)19)5-7(11(17)13-12)6-9(10)16(20)21/h5-6H,3-4,12H2,1-2H3,(H,13,17). The molecule has 10 nitrogen and oxygen atoms in total. The van der Waals surface area contributed by atoms with Gasteiger partial charge in [-0.1, -0.05) is 0 Å². The lowest BCUT2D eigenvalue weighted by Crippen LogP contribution is -2.30. The van der Waals surface area contributed by atoms with Crippen LogP contribution in [-0.2, 0) is 0 Å². The van der Waals surface area contributed by atoms with E-state index >= 15 is 0 Å². The molecule has 0 radical (unpaired) electrons. The molecule has 0 atom stereocenters. The van der Waals surface area contributed by atoms with Crippen LogP contribution in [0.15, 0.2) is 12.1 Å². The smallest absolute Gasteiger partial charge is 0.300 e. The molecule has 0 fully saturated rings. The van der Waals surface area contributed by atoms with Gasteiger partial charge in [0, 0.05) is 25.2 Å². The lowest BCUT2D eigenvalue weighted by Gasteiger charge is -2.20. The van der Waals surface area contributed by atoms with E-state index in [1.165, 1.54) is 4.90 Å². The molecule has 0 aliphatic carbocycles. The van der Waals surface area contributed by atoms with Crippen LogP contribution in [0.1, 0.15) is 24.2 Å². The minimum Gasteiger partial charge on any atom is -0.361 e. The van der Waals surface area contributed by atoms with Crippen molar-refractivity contribution in [1.29, 1.82) is 0 Å². The highest BCUT2D eigenvalue weighted by Crippen LogP contribution is 2.38. The van der Waals surface area contributed by atoms with Crippen molar-refractivity contribution in [3.63, 3.8) is 0 Å². The van der Waals surface area contributed by atoms with Crippen LogP contribution in [-0.4, -0.2) is 28.8 Å². The predicted octanol–water partition coefficient (Wildman–Crippen LogP) is 0.953. The average molecular weight is 297 g/mol. The van der Waals surface area contributed by atoms with Crippen molar-refractivity contribution in [2.75, 3.05) is 18.0 Å². The van der Waals surface area contributed by atoms with Crippen molar-refractivity contribution in [3.8, 4) is 0 Å². The van der Waals surface area contributed by atoms with Gasteiger partial charge in [-0.05, 0) is 13.8 Å². The molecule has 3 N–H and O–H groups in total. The fourth-order valence-electron chi connectivity index (χ4n) is 1.96. The Hall–Kier alpha value is -2.75. The zero-order chi connectivity index (χ0) is 16.2. The number of carbonyl (C=O) groups excluding carboxylic acids is 1. The van der Waals surface area contributed by atoms with Gasteiger partial charge in [-0.3, -0.25) is 30.4 Å². The first-order valence-corrected chi connectivity index (χ1v) is 6.10. The summed E-state index contributed by atoms with van der Waals surface area (Å²) < 4.78 is 0. The monoisotopic (exact) mass is 297 g/mol. The van der Waals surface area contributed by atoms with Crippen molar-refractivity contribution in [3.05, 3.63) is 37.9 Å². The number of hydrazine groups is 1. The summed E-state index contributed by atoms with van der Waals surface area (Å²) in [5, 5.41) is 22.4. The van der Waals surface area contributed by atoms with Crippen molar-refractivity contribution in [2.24, 2.45) is 5.84 Å². The van der Waals surface area contributed by atoms with Crippen LogP contribution in [0.25, 0.3) is 0 Å². The Kier molecular flexibility index (Phi) is 5.13. The van der Waals surface area contributed by atoms with Gasteiger partial charge in [0.2, 0.25) is 0 Å². The average Bonchev–Trinajstić information content (AvgIpc) is 2.46. The maximum absolute atomic E-state index is 11.5. The van der Waals surface area contributed by atoms with Gasteiger partial charge in [-0.25, -0.2) is 5.84 Å². The molecule has 0 saturated carbocycles. The van der Waals surface area contributed by atoms with E-state index in [-0.39, 0.29) is 11.3 Å². The van der Waals surface area contributed by atoms with Crippen LogP contribution in [0.3, 0.4) is 0 Å². The van der Waals surface area contributed by atoms with Gasteiger partial charge in [0.25, 0.3) is 17.3 Å². The number of rotatable bonds is 6. The van der Waals surface area contributed by atoms with Crippen LogP contribution in [0.4, 0.5) is 17.1 Å². The third-order valence-corrected chi connectivity index (χ3v) is 2.94. The molecule has 1 aromatic carbocycles. The molecule has 0 saturated heterocycles. The largest absolute Gasteiger partial charge is 0.361 e. The second kappa shape index (κ2) is 6.61. The highest BCUT2D eigenvalue weighted by atomic mass is 16.6. The van der Waals surface area contributed by atoms with Crippen LogP contribution in [0.2, 0.25) is 0 Å². The Balaban J connectivity index is 3.70. The lowest BCUT2D eigenvalue weighted by molar-refractivity contribution is -0.392. The second-order valence-electron chi connectivity index (χ2n) is 4.02. The molecule has 1 aromatic rings. The minimum absolute atomic E-state index is 0.122. The van der Waals surface area contributed by atoms with E-state index in [4.69, 9.17) is 5.84 Å². The van der Waals surface area contributed by atoms with E-state index in [2.05, 4.69) is 0 Å². The number of nitrogens with two attached hydrogens (primary N) is 1. The van der Waals surface area contributed by atoms with Gasteiger partial charge in [0.1, 0.15) is 0 Å². The summed E-state index contributed by atoms with van der Waals surface area (Å²) >= 11 is 0. The highest BCUT2D eigenvalue weighted by Gasteiger charge is 2.31. The lowest BCUT2D eigenvalue weighted by atomic mass is 10.1. The summed E-state index contributed by atoms with van der Waals surface area (Å²) in [6.07, 6.45) is 0. The maximum atomic E-state index is 11.5. The number of hydrogen-bond donors (Lipinski definition) is 2. The molecule has 1 amide bonds. The Morgan fingerprint density at radius 2 is 1.62 bits per heavy atom. The first kappa shape index (κ1) is 16.3. The SMILES string of the molecule is CCN(CC)c1c([N+](=O)[O-])cc(C(=O)NN)cc1[N+](=O)[O-]. The van der Waals surface area contributed by atoms with Crippen LogP contribution in [0.5, 0.6) is 0 Å². The van der Waals surface area contributed by atoms with Crippen LogP contribution in [0, 0.1) is 20.2 Å². The summed E-state index contributed by atoms with van der Waals surface area (Å²) in [6, 6.07) is 1.95. The number of nitro benzene ring substituents is 2.